The second-order valence-corrected chi connectivity index (χ2v) is 7.27. The molecule has 0 aromatic carbocycles. The molecule has 10 N–H and O–H groups in total. The summed E-state index contributed by atoms with van der Waals surface area (Å²) in [6, 6.07) is 0. The Morgan fingerprint density at radius 1 is 0.520 bits per heavy atom. The van der Waals surface area contributed by atoms with Crippen LogP contribution >= 0.6 is 0 Å². The van der Waals surface area contributed by atoms with Crippen molar-refractivity contribution >= 4 is 86.7 Å². The Morgan fingerprint density at radius 3 is 0.520 bits per heavy atom. The molecule has 25 heavy (non-hydrogen) atoms. The van der Waals surface area contributed by atoms with Gasteiger partial charge in [-0.3, -0.25) is 10.8 Å². The van der Waals surface area contributed by atoms with Gasteiger partial charge in [-0.25, -0.2) is 0 Å². The monoisotopic (exact) mass is 604 g/mol. The molecule has 0 saturated heterocycles. The molecule has 0 atom stereocenters. The van der Waals surface area contributed by atoms with Crippen LogP contribution in [0.15, 0.2) is 0 Å². The predicted molar refractivity (Wildman–Crippen MR) is 65.1 cm³/mol. The predicted octanol–water partition coefficient (Wildman–Crippen LogP) is -12.1. The van der Waals surface area contributed by atoms with E-state index in [1.54, 1.807) is 0 Å². The van der Waals surface area contributed by atoms with Crippen LogP contribution in [0.3, 0.4) is 0 Å². The zero-order valence-corrected chi connectivity index (χ0v) is 19.0. The minimum atomic E-state index is -5.75. The van der Waals surface area contributed by atoms with Crippen molar-refractivity contribution in [3.8, 4) is 0 Å². The van der Waals surface area contributed by atoms with Crippen molar-refractivity contribution in [3.05, 3.63) is 0 Å². The molecule has 0 heterocycles. The van der Waals surface area contributed by atoms with Gasteiger partial charge in [0.15, 0.2) is 11.9 Å². The van der Waals surface area contributed by atoms with E-state index in [-0.39, 0.29) is 46.6 Å². The maximum Gasteiger partial charge on any atom is 3.00 e. The van der Waals surface area contributed by atoms with Crippen LogP contribution in [0.25, 0.3) is 0 Å². The Morgan fingerprint density at radius 2 is 0.520 bits per heavy atom. The van der Waals surface area contributed by atoms with Gasteiger partial charge in [0.05, 0.1) is 0 Å². The number of rotatable bonds is 0. The van der Waals surface area contributed by atoms with E-state index < -0.39 is 40.1 Å². The molecule has 18 nitrogen and oxygen atoms in total. The molecule has 0 amide bonds. The van der Waals surface area contributed by atoms with Crippen LogP contribution in [0.4, 0.5) is 0 Å². The zero-order chi connectivity index (χ0) is 20.7. The van der Waals surface area contributed by atoms with Gasteiger partial charge >= 0.3 is 123 Å². The smallest absolute Gasteiger partial charge is 3.00 e. The van der Waals surface area contributed by atoms with Crippen molar-refractivity contribution in [1.82, 2.24) is 0 Å². The number of nitrogens with two attached hydrogens (primary N) is 4. The molecule has 0 bridgehead atoms. The van der Waals surface area contributed by atoms with Crippen molar-refractivity contribution in [2.24, 2.45) is 22.9 Å². The second kappa shape index (κ2) is 21.8. The summed E-state index contributed by atoms with van der Waals surface area (Å²) in [5.74, 6) is -0.667. The van der Waals surface area contributed by atoms with Gasteiger partial charge in [0.1, 0.15) is 0 Å². The number of hydrogen-bond donors (Lipinski definition) is 6. The van der Waals surface area contributed by atoms with Crippen LogP contribution in [0, 0.1) is 10.8 Å². The summed E-state index contributed by atoms with van der Waals surface area (Å²) in [6.45, 7) is 0. The van der Waals surface area contributed by atoms with E-state index in [2.05, 4.69) is 22.9 Å². The first-order valence-corrected chi connectivity index (χ1v) is 12.0. The average Bonchev–Trinajstić information content (AvgIpc) is 1.85. The summed E-state index contributed by atoms with van der Waals surface area (Å²) in [6.07, 6.45) is 0. The maximum absolute atomic E-state index is 8.59. The van der Waals surface area contributed by atoms with Crippen LogP contribution in [-0.4, -0.2) is 86.7 Å². The minimum Gasteiger partial charge on any atom is 3.00 e. The summed E-state index contributed by atoms with van der Waals surface area (Å²) >= 11 is -17.2. The molecule has 0 spiro atoms. The van der Waals surface area contributed by atoms with Crippen LogP contribution in [0.5, 0.6) is 0 Å². The molecule has 23 heteroatoms. The van der Waals surface area contributed by atoms with E-state index in [1.807, 2.05) is 0 Å². The SMILES string of the molecule is N=C(N)N.N=C(N)N.O=[Se](=O)([O-])[O-].O=[Se](=O)([O-])[O-].O=[Se](=O)([O-])[O-].[Al+3].[Al+3]. The first-order valence-electron chi connectivity index (χ1n) is 3.65. The summed E-state index contributed by atoms with van der Waals surface area (Å²) < 4.78 is 103. The van der Waals surface area contributed by atoms with Crippen molar-refractivity contribution in [1.29, 1.82) is 10.8 Å². The average molecular weight is 601 g/mol. The van der Waals surface area contributed by atoms with Crippen molar-refractivity contribution in [2.75, 3.05) is 0 Å². The van der Waals surface area contributed by atoms with Gasteiger partial charge in [-0.05, 0) is 0 Å². The van der Waals surface area contributed by atoms with Gasteiger partial charge in [-0.2, -0.15) is 0 Å². The summed E-state index contributed by atoms with van der Waals surface area (Å²) in [5, 5.41) is 12.1. The molecule has 144 valence electrons. The first-order chi connectivity index (χ1) is 9.46. The Bertz CT molecular complexity index is 512. The van der Waals surface area contributed by atoms with E-state index in [1.165, 1.54) is 0 Å². The van der Waals surface area contributed by atoms with Crippen LogP contribution in [0.2, 0.25) is 0 Å². The molecule has 0 aromatic heterocycles. The van der Waals surface area contributed by atoms with Crippen molar-refractivity contribution in [3.63, 3.8) is 0 Å². The van der Waals surface area contributed by atoms with E-state index in [0.29, 0.717) is 0 Å². The molecule has 0 radical (unpaired) electrons. The van der Waals surface area contributed by atoms with Gasteiger partial charge in [-0.15, -0.1) is 0 Å². The van der Waals surface area contributed by atoms with Gasteiger partial charge in [0.2, 0.25) is 0 Å². The van der Waals surface area contributed by atoms with Gasteiger partial charge < -0.3 is 22.9 Å². The van der Waals surface area contributed by atoms with Gasteiger partial charge in [-0.1, -0.05) is 0 Å². The number of guanidine groups is 2. The van der Waals surface area contributed by atoms with Crippen LogP contribution < -0.4 is 48.1 Å². The second-order valence-electron chi connectivity index (χ2n) is 2.14. The molecule has 0 aliphatic heterocycles. The third kappa shape index (κ3) is 146000. The zero-order valence-electron chi connectivity index (χ0n) is 11.6. The summed E-state index contributed by atoms with van der Waals surface area (Å²) in [7, 11) is 0. The van der Waals surface area contributed by atoms with E-state index in [0.717, 1.165) is 0 Å². The minimum absolute atomic E-state index is 0. The Kier molecular flexibility index (Phi) is 38.6. The van der Waals surface area contributed by atoms with E-state index >= 15 is 0 Å². The number of hydrogen-bond acceptors (Lipinski definition) is 14. The maximum atomic E-state index is 8.59. The molecular formula is C2H10Al2N6O12Se3. The fraction of sp³-hybridized carbons (Fsp3) is 0. The van der Waals surface area contributed by atoms with Crippen LogP contribution in [-0.2, 0) is 23.0 Å². The van der Waals surface area contributed by atoms with Crippen molar-refractivity contribution < 1.29 is 48.1 Å². The number of nitrogens with one attached hydrogen (secondary N) is 2. The van der Waals surface area contributed by atoms with Crippen molar-refractivity contribution in [2.45, 2.75) is 0 Å². The Hall–Kier alpha value is -0.277. The third-order valence-electron chi connectivity index (χ3n) is 0. The van der Waals surface area contributed by atoms with E-state index in [9.17, 15) is 0 Å². The summed E-state index contributed by atoms with van der Waals surface area (Å²) in [5.41, 5.74) is 17.9. The quantitative estimate of drug-likeness (QED) is 0.0852. The molecule has 0 aromatic rings. The summed E-state index contributed by atoms with van der Waals surface area (Å²) in [4.78, 5) is 0. The Balaban J connectivity index is -0.0000000319. The molecule has 0 aliphatic rings. The largest absolute Gasteiger partial charge is 3.00 e. The fourth-order valence-electron chi connectivity index (χ4n) is 0. The fourth-order valence-corrected chi connectivity index (χ4v) is 0. The van der Waals surface area contributed by atoms with Gasteiger partial charge in [0.25, 0.3) is 0 Å². The Labute approximate surface area is 167 Å². The molecule has 0 rings (SSSR count). The third-order valence-corrected chi connectivity index (χ3v) is 0. The molecule has 0 saturated carbocycles. The molecule has 0 unspecified atom stereocenters. The first kappa shape index (κ1) is 44.3. The molecule has 0 aliphatic carbocycles. The normalized spacial score (nSPS) is 8.88. The van der Waals surface area contributed by atoms with E-state index in [4.69, 9.17) is 59.0 Å². The van der Waals surface area contributed by atoms with Crippen LogP contribution in [0.1, 0.15) is 0 Å². The standard InChI is InChI=1S/2CH5N3.2Al.3H2O4Se/c2*2-1(3)4;;;3*1-5(2,3)4/h2*(H5,2,3,4);;;3*(H2,1,2,3,4)/q;;2*+3;;;/p-6. The topological polar surface area (TPSA) is 393 Å². The molecular weight excluding hydrogens is 591 g/mol. The van der Waals surface area contributed by atoms with Gasteiger partial charge in [0, 0.05) is 0 Å². The molecule has 0 fully saturated rings.